The third-order valence-corrected chi connectivity index (χ3v) is 20.6. The van der Waals surface area contributed by atoms with Gasteiger partial charge in [-0.05, 0) is 188 Å². The minimum absolute atomic E-state index is 0.136. The Morgan fingerprint density at radius 3 is 1.13 bits per heavy atom. The topological polar surface area (TPSA) is 263 Å². The molecule has 526 valence electrons. The fourth-order valence-electron chi connectivity index (χ4n) is 14.9. The molecule has 4 saturated heterocycles. The molecule has 12 atom stereocenters. The minimum Gasteiger partial charge on any atom is -0.354 e. The van der Waals surface area contributed by atoms with Crippen molar-refractivity contribution in [1.29, 1.82) is 0 Å². The molecular formula is C78H106N12O8. The van der Waals surface area contributed by atoms with Crippen molar-refractivity contribution in [2.24, 2.45) is 11.8 Å². The van der Waals surface area contributed by atoms with Crippen LogP contribution in [0, 0.1) is 11.8 Å². The number of unbranched alkanes of at least 4 members (excludes halogenated alkanes) is 2. The average molecular weight is 1340 g/mol. The highest BCUT2D eigenvalue weighted by atomic mass is 16.2. The zero-order valence-corrected chi connectivity index (χ0v) is 57.9. The number of hydrogen-bond donors (Lipinski definition) is 10. The van der Waals surface area contributed by atoms with Crippen LogP contribution in [0.2, 0.25) is 0 Å². The number of rotatable bonds is 36. The number of carbonyl (C=O) groups excluding carboxylic acids is 8. The maximum atomic E-state index is 14.8. The summed E-state index contributed by atoms with van der Waals surface area (Å²) in [4.78, 5) is 118. The van der Waals surface area contributed by atoms with E-state index < -0.39 is 48.3 Å². The van der Waals surface area contributed by atoms with Crippen molar-refractivity contribution in [3.05, 3.63) is 179 Å². The average Bonchev–Trinajstić information content (AvgIpc) is 1.63. The van der Waals surface area contributed by atoms with Crippen LogP contribution in [0.4, 0.5) is 0 Å². The van der Waals surface area contributed by atoms with Gasteiger partial charge in [-0.25, -0.2) is 0 Å². The molecule has 4 aliphatic rings. The Labute approximate surface area is 579 Å². The molecule has 98 heavy (non-hydrogen) atoms. The van der Waals surface area contributed by atoms with Gasteiger partial charge in [0.15, 0.2) is 0 Å². The first-order valence-electron chi connectivity index (χ1n) is 36.2. The second kappa shape index (κ2) is 38.2. The summed E-state index contributed by atoms with van der Waals surface area (Å²) in [5, 5.41) is 31.7. The highest BCUT2D eigenvalue weighted by Gasteiger charge is 2.50. The van der Waals surface area contributed by atoms with E-state index in [0.717, 1.165) is 49.7 Å². The van der Waals surface area contributed by atoms with E-state index in [2.05, 4.69) is 102 Å². The summed E-state index contributed by atoms with van der Waals surface area (Å²) in [6.07, 6.45) is 12.2. The molecule has 0 bridgehead atoms. The fraction of sp³-hybridized carbons (Fsp3) is 0.513. The van der Waals surface area contributed by atoms with Crippen LogP contribution < -0.4 is 53.2 Å². The molecule has 0 spiro atoms. The first kappa shape index (κ1) is 73.9. The maximum Gasteiger partial charge on any atom is 0.247 e. The summed E-state index contributed by atoms with van der Waals surface area (Å²) in [7, 11) is 3.47. The van der Waals surface area contributed by atoms with Gasteiger partial charge in [0.1, 0.15) is 36.3 Å². The van der Waals surface area contributed by atoms with E-state index in [1.807, 2.05) is 111 Å². The Hall–Kier alpha value is -8.30. The van der Waals surface area contributed by atoms with Gasteiger partial charge < -0.3 is 63.0 Å². The molecule has 20 nitrogen and oxygen atoms in total. The normalized spacial score (nSPS) is 21.8. The van der Waals surface area contributed by atoms with E-state index in [-0.39, 0.29) is 71.2 Å². The Kier molecular flexibility index (Phi) is 28.8. The summed E-state index contributed by atoms with van der Waals surface area (Å²) >= 11 is 0. The summed E-state index contributed by atoms with van der Waals surface area (Å²) in [6.45, 7) is 7.36. The number of likely N-dealkylation sites (N-methyl/N-ethyl adjacent to an activating group) is 2. The van der Waals surface area contributed by atoms with Crippen LogP contribution in [0.1, 0.15) is 162 Å². The van der Waals surface area contributed by atoms with E-state index in [0.29, 0.717) is 127 Å². The van der Waals surface area contributed by atoms with Gasteiger partial charge in [-0.3, -0.25) is 38.4 Å². The van der Waals surface area contributed by atoms with Crippen molar-refractivity contribution in [3.63, 3.8) is 0 Å². The van der Waals surface area contributed by atoms with Crippen LogP contribution >= 0.6 is 0 Å². The van der Waals surface area contributed by atoms with Crippen molar-refractivity contribution in [1.82, 2.24) is 63.0 Å². The van der Waals surface area contributed by atoms with Crippen LogP contribution in [-0.2, 0) is 64.3 Å². The number of aryl methyl sites for hydroxylation is 2. The Bertz CT molecular complexity index is 3120. The van der Waals surface area contributed by atoms with E-state index in [1.165, 1.54) is 11.1 Å². The maximum absolute atomic E-state index is 14.8. The lowest BCUT2D eigenvalue weighted by Gasteiger charge is -2.33. The summed E-state index contributed by atoms with van der Waals surface area (Å²) in [6, 6.07) is 40.8. The Morgan fingerprint density at radius 2 is 0.776 bits per heavy atom. The van der Waals surface area contributed by atoms with Gasteiger partial charge in [0.25, 0.3) is 0 Å². The molecule has 10 N–H and O–H groups in total. The number of carbonyl (C=O) groups is 8. The second-order valence-electron chi connectivity index (χ2n) is 27.1. The molecule has 4 heterocycles. The molecular weight excluding hydrogens is 1230 g/mol. The Balaban J connectivity index is 0.722. The molecule has 5 aromatic rings. The number of amides is 8. The van der Waals surface area contributed by atoms with Crippen LogP contribution in [0.15, 0.2) is 146 Å². The number of nitrogens with zero attached hydrogens (tertiary/aromatic N) is 2. The summed E-state index contributed by atoms with van der Waals surface area (Å²) < 4.78 is 0. The van der Waals surface area contributed by atoms with Crippen molar-refractivity contribution in [2.45, 2.75) is 203 Å². The monoisotopic (exact) mass is 1340 g/mol. The molecule has 20 heteroatoms. The Morgan fingerprint density at radius 1 is 0.418 bits per heavy atom. The molecule has 8 amide bonds. The van der Waals surface area contributed by atoms with Gasteiger partial charge in [0.2, 0.25) is 47.3 Å². The molecule has 0 radical (unpaired) electrons. The lowest BCUT2D eigenvalue weighted by Crippen LogP contribution is -2.58. The molecule has 0 unspecified atom stereocenters. The molecule has 5 aromatic carbocycles. The van der Waals surface area contributed by atoms with Crippen LogP contribution in [0.3, 0.4) is 0 Å². The predicted molar refractivity (Wildman–Crippen MR) is 381 cm³/mol. The van der Waals surface area contributed by atoms with Crippen LogP contribution in [0.5, 0.6) is 0 Å². The number of nitrogens with one attached hydrogen (secondary N) is 10. The molecule has 0 saturated carbocycles. The predicted octanol–water partition coefficient (Wildman–Crippen LogP) is 7.14. The number of hydrogen-bond acceptors (Lipinski definition) is 12. The van der Waals surface area contributed by atoms with E-state index in [1.54, 1.807) is 23.9 Å². The first-order valence-corrected chi connectivity index (χ1v) is 36.2. The van der Waals surface area contributed by atoms with E-state index >= 15 is 0 Å². The lowest BCUT2D eigenvalue weighted by atomic mass is 9.90. The summed E-state index contributed by atoms with van der Waals surface area (Å²) in [5.74, 6) is -2.69. The van der Waals surface area contributed by atoms with Crippen molar-refractivity contribution in [2.75, 3.05) is 40.3 Å². The summed E-state index contributed by atoms with van der Waals surface area (Å²) in [5.41, 5.74) is 5.95. The van der Waals surface area contributed by atoms with Gasteiger partial charge in [0.05, 0.1) is 12.1 Å². The largest absolute Gasteiger partial charge is 0.354 e. The zero-order valence-electron chi connectivity index (χ0n) is 57.9. The molecule has 0 aromatic heterocycles. The fourth-order valence-corrected chi connectivity index (χ4v) is 14.9. The zero-order chi connectivity index (χ0) is 69.2. The van der Waals surface area contributed by atoms with Crippen molar-refractivity contribution < 1.29 is 38.4 Å². The number of fused-ring (bicyclic) bond motifs is 2. The van der Waals surface area contributed by atoms with Crippen molar-refractivity contribution >= 4 is 47.3 Å². The standard InChI is InChI=1S/C78H106N12O8/c1-5-63(79-3)71(91)87-69-59(45-49-81-51-55-25-11-7-12-26-55)37-39-61-41-43-65(89(61)77(69)97)73(93)85-67(57-29-15-9-16-30-57)75(95)83-47-21-19-23-53-33-35-54(36-34-53)24-20-22-48-84-76(96)68(58-31-17-10-18-32-58)86-74(94)66-44-42-62-40-38-60(46-50-82-52-56-27-13-8-14-28-56)70(78(98)90(62)66)88-72(92)64(6-2)80-4/h7-18,25-36,59-70,79-82H,5-6,19-24,37-52H2,1-4H3,(H,83,95)(H,84,96)(H,85,93)(H,86,94)(H,87,91)(H,88,92)/t59-,60-,61+,62+,63+,64+,65+,66+,67+,68+,69+,70+/m1/s1. The lowest BCUT2D eigenvalue weighted by molar-refractivity contribution is -0.144. The van der Waals surface area contributed by atoms with Gasteiger partial charge in [-0.1, -0.05) is 159 Å². The highest BCUT2D eigenvalue weighted by Crippen LogP contribution is 2.37. The van der Waals surface area contributed by atoms with Gasteiger partial charge in [0, 0.05) is 38.3 Å². The smallest absolute Gasteiger partial charge is 0.247 e. The first-order chi connectivity index (χ1) is 47.8. The van der Waals surface area contributed by atoms with Gasteiger partial charge >= 0.3 is 0 Å². The quantitative estimate of drug-likeness (QED) is 0.0180. The molecule has 4 aliphatic heterocycles. The highest BCUT2D eigenvalue weighted by molar-refractivity contribution is 5.97. The van der Waals surface area contributed by atoms with E-state index in [4.69, 9.17) is 0 Å². The molecule has 4 fully saturated rings. The minimum atomic E-state index is -0.981. The van der Waals surface area contributed by atoms with E-state index in [9.17, 15) is 38.4 Å². The third-order valence-electron chi connectivity index (χ3n) is 20.6. The van der Waals surface area contributed by atoms with Crippen LogP contribution in [0.25, 0.3) is 0 Å². The van der Waals surface area contributed by atoms with Crippen molar-refractivity contribution in [3.8, 4) is 0 Å². The van der Waals surface area contributed by atoms with Crippen LogP contribution in [-0.4, -0.2) is 146 Å². The van der Waals surface area contributed by atoms with Gasteiger partial charge in [-0.2, -0.15) is 0 Å². The van der Waals surface area contributed by atoms with Gasteiger partial charge in [-0.15, -0.1) is 0 Å². The third kappa shape index (κ3) is 20.4. The second-order valence-corrected chi connectivity index (χ2v) is 27.1. The number of benzene rings is 5. The SMILES string of the molecule is CC[C@H](NC)C(=O)N[C@@H]1C(=O)N2[C@@H](CC[C@@H]1CCNCc1ccccc1)CC[C@H]2C(=O)N[C@H](C(=O)NCCCCc1ccc(CCCCNC(=O)[C@@H](NC(=O)[C@@H]2CC[C@@H]3CC[C@H](CCNCc4ccccc4)[C@H](NC(=O)[C@H](CC)NC)C(=O)N32)c2ccccc2)cc1)c1ccccc1. The molecule has 0 aliphatic carbocycles. The molecule has 9 rings (SSSR count).